The van der Waals surface area contributed by atoms with Gasteiger partial charge >= 0.3 is 6.09 Å². The number of rotatable bonds is 1. The Kier molecular flexibility index (Phi) is 4.49. The zero-order valence-corrected chi connectivity index (χ0v) is 16.6. The van der Waals surface area contributed by atoms with Gasteiger partial charge in [0.2, 0.25) is 0 Å². The van der Waals surface area contributed by atoms with Crippen LogP contribution >= 0.6 is 0 Å². The summed E-state index contributed by atoms with van der Waals surface area (Å²) in [5, 5.41) is 2.46. The van der Waals surface area contributed by atoms with Crippen LogP contribution in [0.15, 0.2) is 36.7 Å². The van der Waals surface area contributed by atoms with Gasteiger partial charge in [-0.15, -0.1) is 0 Å². The molecule has 2 aromatic rings. The summed E-state index contributed by atoms with van der Waals surface area (Å²) in [7, 11) is 0. The highest BCUT2D eigenvalue weighted by Crippen LogP contribution is 2.42. The molecule has 0 atom stereocenters. The number of ether oxygens (including phenoxy) is 1. The molecule has 5 heteroatoms. The van der Waals surface area contributed by atoms with Crippen molar-refractivity contribution in [1.29, 1.82) is 0 Å². The van der Waals surface area contributed by atoms with E-state index in [-0.39, 0.29) is 11.5 Å². The van der Waals surface area contributed by atoms with Gasteiger partial charge in [0.25, 0.3) is 0 Å². The van der Waals surface area contributed by atoms with Crippen LogP contribution < -0.4 is 4.90 Å². The number of likely N-dealkylation sites (tertiary alicyclic amines) is 1. The normalized spacial score (nSPS) is 19.7. The highest BCUT2D eigenvalue weighted by molar-refractivity contribution is 5.93. The molecule has 2 saturated heterocycles. The fraction of sp³-hybridized carbons (Fsp3) is 0.545. The van der Waals surface area contributed by atoms with Crippen LogP contribution in [0.2, 0.25) is 0 Å². The standard InChI is InChI=1S/C22H29N3O2/c1-21(2,3)27-20(26)25-13-10-22(16-25)8-11-24(12-9-22)19-15-23-14-17-6-4-5-7-18(17)19/h4-7,14-15H,8-13,16H2,1-3H3. The average molecular weight is 367 g/mol. The molecule has 27 heavy (non-hydrogen) atoms. The van der Waals surface area contributed by atoms with Crippen molar-refractivity contribution in [3.63, 3.8) is 0 Å². The molecule has 0 N–H and O–H groups in total. The number of anilines is 1. The molecule has 1 amide bonds. The maximum absolute atomic E-state index is 12.4. The van der Waals surface area contributed by atoms with Gasteiger partial charge in [0.15, 0.2) is 0 Å². The molecule has 5 nitrogen and oxygen atoms in total. The molecule has 2 aliphatic rings. The molecule has 1 aromatic heterocycles. The number of pyridine rings is 1. The Labute approximate surface area is 161 Å². The van der Waals surface area contributed by atoms with Crippen molar-refractivity contribution in [2.75, 3.05) is 31.1 Å². The summed E-state index contributed by atoms with van der Waals surface area (Å²) >= 11 is 0. The summed E-state index contributed by atoms with van der Waals surface area (Å²) < 4.78 is 5.56. The highest BCUT2D eigenvalue weighted by Gasteiger charge is 2.43. The number of carbonyl (C=O) groups is 1. The number of carbonyl (C=O) groups excluding carboxylic acids is 1. The van der Waals surface area contributed by atoms with Gasteiger partial charge < -0.3 is 14.5 Å². The third-order valence-corrected chi connectivity index (χ3v) is 5.90. The fourth-order valence-electron chi connectivity index (χ4n) is 4.40. The Morgan fingerprint density at radius 2 is 1.78 bits per heavy atom. The maximum Gasteiger partial charge on any atom is 0.410 e. The first kappa shape index (κ1) is 18.1. The molecule has 1 aromatic carbocycles. The molecule has 4 rings (SSSR count). The van der Waals surface area contributed by atoms with Gasteiger partial charge in [-0.25, -0.2) is 4.79 Å². The Hall–Kier alpha value is -2.30. The summed E-state index contributed by atoms with van der Waals surface area (Å²) in [4.78, 5) is 21.2. The molecule has 144 valence electrons. The van der Waals surface area contributed by atoms with E-state index in [0.29, 0.717) is 0 Å². The minimum atomic E-state index is -0.433. The second kappa shape index (κ2) is 6.70. The van der Waals surface area contributed by atoms with Crippen LogP contribution in [0.3, 0.4) is 0 Å². The maximum atomic E-state index is 12.4. The van der Waals surface area contributed by atoms with Crippen LogP contribution in [0.25, 0.3) is 10.8 Å². The number of hydrogen-bond donors (Lipinski definition) is 0. The van der Waals surface area contributed by atoms with E-state index in [1.54, 1.807) is 0 Å². The molecule has 1 spiro atoms. The molecule has 0 saturated carbocycles. The van der Waals surface area contributed by atoms with Crippen LogP contribution in [0, 0.1) is 5.41 Å². The van der Waals surface area contributed by atoms with E-state index in [0.717, 1.165) is 45.4 Å². The third kappa shape index (κ3) is 3.73. The minimum Gasteiger partial charge on any atom is -0.444 e. The van der Waals surface area contributed by atoms with Crippen LogP contribution in [0.1, 0.15) is 40.0 Å². The second-order valence-corrected chi connectivity index (χ2v) is 9.02. The van der Waals surface area contributed by atoms with E-state index in [1.807, 2.05) is 38.1 Å². The summed E-state index contributed by atoms with van der Waals surface area (Å²) in [5.74, 6) is 0. The largest absolute Gasteiger partial charge is 0.444 e. The molecule has 0 bridgehead atoms. The first-order chi connectivity index (χ1) is 12.9. The third-order valence-electron chi connectivity index (χ3n) is 5.90. The smallest absolute Gasteiger partial charge is 0.410 e. The summed E-state index contributed by atoms with van der Waals surface area (Å²) in [6.07, 6.45) is 7.04. The monoisotopic (exact) mass is 367 g/mol. The highest BCUT2D eigenvalue weighted by atomic mass is 16.6. The lowest BCUT2D eigenvalue weighted by Gasteiger charge is -2.40. The van der Waals surface area contributed by atoms with Crippen molar-refractivity contribution < 1.29 is 9.53 Å². The van der Waals surface area contributed by atoms with Gasteiger partial charge in [-0.3, -0.25) is 4.98 Å². The van der Waals surface area contributed by atoms with E-state index in [1.165, 1.54) is 16.5 Å². The number of piperidine rings is 1. The van der Waals surface area contributed by atoms with E-state index in [4.69, 9.17) is 4.74 Å². The van der Waals surface area contributed by atoms with Crippen molar-refractivity contribution in [2.45, 2.75) is 45.6 Å². The van der Waals surface area contributed by atoms with Gasteiger partial charge in [-0.1, -0.05) is 24.3 Å². The zero-order valence-electron chi connectivity index (χ0n) is 16.6. The first-order valence-corrected chi connectivity index (χ1v) is 9.91. The Balaban J connectivity index is 1.43. The predicted molar refractivity (Wildman–Crippen MR) is 108 cm³/mol. The molecule has 2 fully saturated rings. The average Bonchev–Trinajstić information content (AvgIpc) is 3.05. The number of nitrogens with zero attached hydrogens (tertiary/aromatic N) is 3. The zero-order chi connectivity index (χ0) is 19.1. The van der Waals surface area contributed by atoms with Gasteiger partial charge in [-0.2, -0.15) is 0 Å². The lowest BCUT2D eigenvalue weighted by atomic mass is 9.77. The van der Waals surface area contributed by atoms with Crippen LogP contribution in [-0.2, 0) is 4.74 Å². The molecular formula is C22H29N3O2. The van der Waals surface area contributed by atoms with Crippen molar-refractivity contribution >= 4 is 22.6 Å². The second-order valence-electron chi connectivity index (χ2n) is 9.02. The quantitative estimate of drug-likeness (QED) is 0.746. The van der Waals surface area contributed by atoms with Gasteiger partial charge in [0, 0.05) is 43.1 Å². The van der Waals surface area contributed by atoms with Gasteiger partial charge in [0.05, 0.1) is 11.9 Å². The topological polar surface area (TPSA) is 45.7 Å². The molecule has 0 unspecified atom stereocenters. The molecule has 2 aliphatic heterocycles. The summed E-state index contributed by atoms with van der Waals surface area (Å²) in [6, 6.07) is 8.44. The van der Waals surface area contributed by atoms with Crippen LogP contribution in [-0.4, -0.2) is 47.8 Å². The van der Waals surface area contributed by atoms with E-state index in [2.05, 4.69) is 34.1 Å². The molecule has 0 radical (unpaired) electrons. The molecular weight excluding hydrogens is 338 g/mol. The van der Waals surface area contributed by atoms with Crippen LogP contribution in [0.5, 0.6) is 0 Å². The van der Waals surface area contributed by atoms with Crippen molar-refractivity contribution in [2.24, 2.45) is 5.41 Å². The molecule has 0 aliphatic carbocycles. The fourth-order valence-corrected chi connectivity index (χ4v) is 4.40. The molecule has 3 heterocycles. The predicted octanol–water partition coefficient (Wildman–Crippen LogP) is 4.46. The number of benzene rings is 1. The minimum absolute atomic E-state index is 0.167. The summed E-state index contributed by atoms with van der Waals surface area (Å²) in [6.45, 7) is 9.43. The van der Waals surface area contributed by atoms with Crippen LogP contribution in [0.4, 0.5) is 10.5 Å². The number of aromatic nitrogens is 1. The first-order valence-electron chi connectivity index (χ1n) is 9.91. The van der Waals surface area contributed by atoms with Crippen molar-refractivity contribution in [3.05, 3.63) is 36.7 Å². The van der Waals surface area contributed by atoms with Crippen molar-refractivity contribution in [3.8, 4) is 0 Å². The Bertz CT molecular complexity index is 830. The van der Waals surface area contributed by atoms with E-state index >= 15 is 0 Å². The van der Waals surface area contributed by atoms with Gasteiger partial charge in [0.1, 0.15) is 5.60 Å². The Morgan fingerprint density at radius 3 is 2.52 bits per heavy atom. The SMILES string of the molecule is CC(C)(C)OC(=O)N1CCC2(CCN(c3cncc4ccccc34)CC2)C1. The number of fused-ring (bicyclic) bond motifs is 1. The lowest BCUT2D eigenvalue weighted by Crippen LogP contribution is -2.43. The van der Waals surface area contributed by atoms with E-state index in [9.17, 15) is 4.79 Å². The number of hydrogen-bond acceptors (Lipinski definition) is 4. The van der Waals surface area contributed by atoms with Crippen molar-refractivity contribution in [1.82, 2.24) is 9.88 Å². The Morgan fingerprint density at radius 1 is 1.07 bits per heavy atom. The lowest BCUT2D eigenvalue weighted by molar-refractivity contribution is 0.0266. The summed E-state index contributed by atoms with van der Waals surface area (Å²) in [5.41, 5.74) is 1.04. The van der Waals surface area contributed by atoms with E-state index < -0.39 is 5.60 Å². The van der Waals surface area contributed by atoms with Gasteiger partial charge in [-0.05, 0) is 45.4 Å². The number of amides is 1.